The van der Waals surface area contributed by atoms with Crippen molar-refractivity contribution < 1.29 is 9.90 Å². The molecular formula is C14H15ClN2O2. The highest BCUT2D eigenvalue weighted by atomic mass is 35.5. The molecule has 0 bridgehead atoms. The van der Waals surface area contributed by atoms with E-state index in [1.807, 2.05) is 11.0 Å². The molecule has 100 valence electrons. The molecular weight excluding hydrogens is 264 g/mol. The molecule has 5 heteroatoms. The van der Waals surface area contributed by atoms with Crippen LogP contribution in [0.3, 0.4) is 0 Å². The summed E-state index contributed by atoms with van der Waals surface area (Å²) < 4.78 is 0. The quantitative estimate of drug-likeness (QED) is 0.903. The largest absolute Gasteiger partial charge is 0.480 e. The summed E-state index contributed by atoms with van der Waals surface area (Å²) >= 11 is 6.18. The van der Waals surface area contributed by atoms with Crippen molar-refractivity contribution in [3.05, 3.63) is 28.8 Å². The van der Waals surface area contributed by atoms with Crippen LogP contribution >= 0.6 is 11.6 Å². The molecule has 1 aromatic rings. The summed E-state index contributed by atoms with van der Waals surface area (Å²) in [5.74, 6) is -0.817. The van der Waals surface area contributed by atoms with E-state index in [2.05, 4.69) is 0 Å². The number of halogens is 1. The summed E-state index contributed by atoms with van der Waals surface area (Å²) in [6, 6.07) is 6.48. The minimum absolute atomic E-state index is 0.437. The molecule has 1 fully saturated rings. The minimum atomic E-state index is -0.817. The zero-order valence-corrected chi connectivity index (χ0v) is 11.2. The number of rotatable bonds is 2. The molecule has 4 nitrogen and oxygen atoms in total. The number of hydrogen-bond donors (Lipinski definition) is 1. The first-order chi connectivity index (χ1) is 9.13. The summed E-state index contributed by atoms with van der Waals surface area (Å²) in [6.07, 6.45) is 3.54. The molecule has 1 aromatic carbocycles. The smallest absolute Gasteiger partial charge is 0.326 e. The molecule has 1 N–H and O–H groups in total. The van der Waals surface area contributed by atoms with Crippen molar-refractivity contribution >= 4 is 23.3 Å². The Kier molecular flexibility index (Phi) is 4.28. The number of carboxylic acids is 1. The van der Waals surface area contributed by atoms with Gasteiger partial charge in [-0.1, -0.05) is 24.4 Å². The van der Waals surface area contributed by atoms with Crippen LogP contribution in [0.1, 0.15) is 31.2 Å². The summed E-state index contributed by atoms with van der Waals surface area (Å²) in [4.78, 5) is 13.2. The van der Waals surface area contributed by atoms with Crippen LogP contribution in [-0.2, 0) is 4.79 Å². The Morgan fingerprint density at radius 3 is 2.84 bits per heavy atom. The van der Waals surface area contributed by atoms with Gasteiger partial charge in [0.2, 0.25) is 0 Å². The molecule has 1 unspecified atom stereocenters. The topological polar surface area (TPSA) is 64.3 Å². The predicted octanol–water partition coefficient (Wildman–Crippen LogP) is 3.05. The van der Waals surface area contributed by atoms with Crippen LogP contribution < -0.4 is 4.90 Å². The predicted molar refractivity (Wildman–Crippen MR) is 73.4 cm³/mol. The van der Waals surface area contributed by atoms with Gasteiger partial charge in [0.05, 0.1) is 22.3 Å². The van der Waals surface area contributed by atoms with Gasteiger partial charge in [0.25, 0.3) is 0 Å². The van der Waals surface area contributed by atoms with Crippen LogP contribution in [0.4, 0.5) is 5.69 Å². The number of hydrogen-bond acceptors (Lipinski definition) is 3. The first kappa shape index (κ1) is 13.7. The standard InChI is InChI=1S/C14H15ClN2O2/c15-11-8-10(9-16)5-6-12(11)17-7-3-1-2-4-13(17)14(18)19/h5-6,8,13H,1-4,7H2,(H,18,19). The fraction of sp³-hybridized carbons (Fsp3) is 0.429. The number of aliphatic carboxylic acids is 1. The van der Waals surface area contributed by atoms with Crippen LogP contribution in [0.15, 0.2) is 18.2 Å². The molecule has 0 amide bonds. The summed E-state index contributed by atoms with van der Waals surface area (Å²) in [6.45, 7) is 0.683. The molecule has 0 aliphatic carbocycles. The number of carbonyl (C=O) groups is 1. The molecule has 19 heavy (non-hydrogen) atoms. The number of nitriles is 1. The Labute approximate surface area is 117 Å². The fourth-order valence-corrected chi connectivity index (χ4v) is 2.75. The van der Waals surface area contributed by atoms with E-state index < -0.39 is 12.0 Å². The lowest BCUT2D eigenvalue weighted by Gasteiger charge is -2.29. The maximum Gasteiger partial charge on any atom is 0.326 e. The molecule has 2 rings (SSSR count). The van der Waals surface area contributed by atoms with Gasteiger partial charge in [-0.2, -0.15) is 5.26 Å². The monoisotopic (exact) mass is 278 g/mol. The SMILES string of the molecule is N#Cc1ccc(N2CCCCCC2C(=O)O)c(Cl)c1. The third-order valence-corrected chi connectivity index (χ3v) is 3.73. The van der Waals surface area contributed by atoms with Crippen LogP contribution in [0.5, 0.6) is 0 Å². The highest BCUT2D eigenvalue weighted by Crippen LogP contribution is 2.31. The number of anilines is 1. The van der Waals surface area contributed by atoms with E-state index >= 15 is 0 Å². The molecule has 0 saturated carbocycles. The molecule has 1 aliphatic rings. The Balaban J connectivity index is 2.36. The first-order valence-corrected chi connectivity index (χ1v) is 6.70. The van der Waals surface area contributed by atoms with Gasteiger partial charge in [-0.15, -0.1) is 0 Å². The lowest BCUT2D eigenvalue weighted by molar-refractivity contribution is -0.138. The summed E-state index contributed by atoms with van der Waals surface area (Å²) in [5, 5.41) is 18.6. The van der Waals surface area contributed by atoms with Crippen molar-refractivity contribution in [2.75, 3.05) is 11.4 Å². The molecule has 0 radical (unpaired) electrons. The summed E-state index contributed by atoms with van der Waals surface area (Å²) in [5.41, 5.74) is 1.19. The van der Waals surface area contributed by atoms with E-state index in [4.69, 9.17) is 16.9 Å². The highest BCUT2D eigenvalue weighted by molar-refractivity contribution is 6.33. The number of carboxylic acid groups (broad SMARTS) is 1. The average Bonchev–Trinajstić information content (AvgIpc) is 2.64. The van der Waals surface area contributed by atoms with Crippen molar-refractivity contribution in [2.45, 2.75) is 31.7 Å². The highest BCUT2D eigenvalue weighted by Gasteiger charge is 2.28. The Morgan fingerprint density at radius 1 is 1.42 bits per heavy atom. The molecule has 1 aliphatic heterocycles. The van der Waals surface area contributed by atoms with Crippen LogP contribution in [0.25, 0.3) is 0 Å². The molecule has 0 spiro atoms. The second kappa shape index (κ2) is 5.94. The van der Waals surface area contributed by atoms with Crippen molar-refractivity contribution in [1.82, 2.24) is 0 Å². The van der Waals surface area contributed by atoms with Crippen LogP contribution in [-0.4, -0.2) is 23.7 Å². The van der Waals surface area contributed by atoms with Gasteiger partial charge in [0.1, 0.15) is 6.04 Å². The van der Waals surface area contributed by atoms with Crippen LogP contribution in [0.2, 0.25) is 5.02 Å². The zero-order valence-electron chi connectivity index (χ0n) is 10.5. The Morgan fingerprint density at radius 2 is 2.21 bits per heavy atom. The van der Waals surface area contributed by atoms with Crippen molar-refractivity contribution in [3.8, 4) is 6.07 Å². The number of nitrogens with zero attached hydrogens (tertiary/aromatic N) is 2. The third kappa shape index (κ3) is 2.99. The normalized spacial score (nSPS) is 19.6. The lowest BCUT2D eigenvalue weighted by Crippen LogP contribution is -2.41. The maximum absolute atomic E-state index is 11.4. The van der Waals surface area contributed by atoms with Gasteiger partial charge < -0.3 is 10.0 Å². The van der Waals surface area contributed by atoms with Gasteiger partial charge in [0.15, 0.2) is 0 Å². The van der Waals surface area contributed by atoms with Crippen molar-refractivity contribution in [1.29, 1.82) is 5.26 Å². The Hall–Kier alpha value is -1.73. The average molecular weight is 279 g/mol. The molecule has 1 saturated heterocycles. The maximum atomic E-state index is 11.4. The van der Waals surface area contributed by atoms with E-state index in [1.165, 1.54) is 0 Å². The van der Waals surface area contributed by atoms with Gasteiger partial charge in [-0.25, -0.2) is 4.79 Å². The van der Waals surface area contributed by atoms with Gasteiger partial charge >= 0.3 is 5.97 Å². The second-order valence-corrected chi connectivity index (χ2v) is 5.08. The van der Waals surface area contributed by atoms with E-state index in [-0.39, 0.29) is 0 Å². The molecule has 1 heterocycles. The lowest BCUT2D eigenvalue weighted by atomic mass is 10.1. The summed E-state index contributed by atoms with van der Waals surface area (Å²) in [7, 11) is 0. The third-order valence-electron chi connectivity index (χ3n) is 3.42. The van der Waals surface area contributed by atoms with E-state index in [9.17, 15) is 9.90 Å². The van der Waals surface area contributed by atoms with Crippen molar-refractivity contribution in [3.63, 3.8) is 0 Å². The second-order valence-electron chi connectivity index (χ2n) is 4.67. The zero-order chi connectivity index (χ0) is 13.8. The van der Waals surface area contributed by atoms with E-state index in [0.29, 0.717) is 29.2 Å². The van der Waals surface area contributed by atoms with E-state index in [1.54, 1.807) is 18.2 Å². The molecule has 0 aromatic heterocycles. The van der Waals surface area contributed by atoms with Gasteiger partial charge in [-0.05, 0) is 31.0 Å². The van der Waals surface area contributed by atoms with E-state index in [0.717, 1.165) is 19.3 Å². The van der Waals surface area contributed by atoms with Gasteiger partial charge in [0, 0.05) is 6.54 Å². The number of benzene rings is 1. The van der Waals surface area contributed by atoms with Crippen LogP contribution in [0, 0.1) is 11.3 Å². The minimum Gasteiger partial charge on any atom is -0.480 e. The Bertz CT molecular complexity index is 525. The van der Waals surface area contributed by atoms with Crippen molar-refractivity contribution in [2.24, 2.45) is 0 Å². The molecule has 1 atom stereocenters. The van der Waals surface area contributed by atoms with Gasteiger partial charge in [-0.3, -0.25) is 0 Å². The fourth-order valence-electron chi connectivity index (χ4n) is 2.46. The first-order valence-electron chi connectivity index (χ1n) is 6.32.